The predicted octanol–water partition coefficient (Wildman–Crippen LogP) is 4.69. The number of hydrogen-bond acceptors (Lipinski definition) is 6. The topological polar surface area (TPSA) is 57.7 Å². The highest BCUT2D eigenvalue weighted by Gasteiger charge is 2.22. The molecule has 1 amide bonds. The molecule has 2 aromatic rings. The van der Waals surface area contributed by atoms with E-state index in [1.807, 2.05) is 36.5 Å². The van der Waals surface area contributed by atoms with Gasteiger partial charge in [0, 0.05) is 49.4 Å². The molecule has 7 heteroatoms. The molecule has 0 saturated carbocycles. The van der Waals surface area contributed by atoms with Crippen LogP contribution in [0.2, 0.25) is 0 Å². The number of carbonyl (C=O) groups excluding carboxylic acids is 1. The zero-order valence-corrected chi connectivity index (χ0v) is 19.5. The van der Waals surface area contributed by atoms with Crippen molar-refractivity contribution in [3.63, 3.8) is 0 Å². The number of hydrogen-bond donors (Lipinski definition) is 1. The first-order valence-electron chi connectivity index (χ1n) is 11.5. The molecule has 0 radical (unpaired) electrons. The maximum atomic E-state index is 12.5. The van der Waals surface area contributed by atoms with E-state index in [9.17, 15) is 4.79 Å². The molecule has 2 fully saturated rings. The molecule has 1 aromatic heterocycles. The van der Waals surface area contributed by atoms with E-state index in [1.165, 1.54) is 35.7 Å². The fourth-order valence-corrected chi connectivity index (χ4v) is 5.63. The molecule has 2 aliphatic rings. The van der Waals surface area contributed by atoms with E-state index < -0.39 is 0 Å². The highest BCUT2D eigenvalue weighted by molar-refractivity contribution is 7.15. The Kier molecular flexibility index (Phi) is 7.45. The van der Waals surface area contributed by atoms with E-state index in [0.29, 0.717) is 12.3 Å². The van der Waals surface area contributed by atoms with Crippen LogP contribution in [-0.2, 0) is 11.3 Å². The Morgan fingerprint density at radius 1 is 1.26 bits per heavy atom. The molecule has 1 N–H and O–H groups in total. The van der Waals surface area contributed by atoms with Gasteiger partial charge in [-0.05, 0) is 75.3 Å². The minimum Gasteiger partial charge on any atom is -0.497 e. The number of benzene rings is 1. The molecule has 1 atom stereocenters. The van der Waals surface area contributed by atoms with Gasteiger partial charge in [-0.2, -0.15) is 0 Å². The van der Waals surface area contributed by atoms with Crippen molar-refractivity contribution in [2.45, 2.75) is 52.0 Å². The van der Waals surface area contributed by atoms with Crippen LogP contribution in [0.5, 0.6) is 5.75 Å². The fourth-order valence-electron chi connectivity index (χ4n) is 4.63. The van der Waals surface area contributed by atoms with Gasteiger partial charge in [0.2, 0.25) is 5.91 Å². The summed E-state index contributed by atoms with van der Waals surface area (Å²) in [6, 6.07) is 5.75. The van der Waals surface area contributed by atoms with Crippen molar-refractivity contribution in [1.29, 1.82) is 0 Å². The predicted molar refractivity (Wildman–Crippen MR) is 127 cm³/mol. The summed E-state index contributed by atoms with van der Waals surface area (Å²) < 4.78 is 5.24. The number of ether oxygens (including phenoxy) is 1. The van der Waals surface area contributed by atoms with Crippen LogP contribution in [0.1, 0.15) is 49.0 Å². The van der Waals surface area contributed by atoms with Crippen LogP contribution in [-0.4, -0.2) is 49.1 Å². The van der Waals surface area contributed by atoms with Crippen LogP contribution < -0.4 is 15.0 Å². The smallest absolute Gasteiger partial charge is 0.224 e. The van der Waals surface area contributed by atoms with Crippen molar-refractivity contribution < 1.29 is 9.53 Å². The third kappa shape index (κ3) is 5.98. The maximum absolute atomic E-state index is 12.5. The quantitative estimate of drug-likeness (QED) is 0.643. The normalized spacial score (nSPS) is 19.5. The molecule has 2 aliphatic heterocycles. The van der Waals surface area contributed by atoms with Gasteiger partial charge in [0.15, 0.2) is 5.13 Å². The summed E-state index contributed by atoms with van der Waals surface area (Å²) in [5.74, 6) is 1.50. The van der Waals surface area contributed by atoms with Crippen LogP contribution in [0.3, 0.4) is 0 Å². The van der Waals surface area contributed by atoms with Gasteiger partial charge < -0.3 is 15.0 Å². The fraction of sp³-hybridized carbons (Fsp3) is 0.583. The third-order valence-corrected chi connectivity index (χ3v) is 7.43. The zero-order valence-electron chi connectivity index (χ0n) is 18.7. The molecule has 0 aliphatic carbocycles. The molecule has 0 spiro atoms. The largest absolute Gasteiger partial charge is 0.497 e. The number of aryl methyl sites for hydroxylation is 1. The van der Waals surface area contributed by atoms with E-state index in [-0.39, 0.29) is 5.91 Å². The number of rotatable bonds is 8. The molecule has 3 heterocycles. The monoisotopic (exact) mass is 442 g/mol. The van der Waals surface area contributed by atoms with E-state index in [1.54, 1.807) is 7.11 Å². The Hall–Kier alpha value is -2.12. The van der Waals surface area contributed by atoms with E-state index in [2.05, 4.69) is 26.3 Å². The van der Waals surface area contributed by atoms with Crippen molar-refractivity contribution in [3.8, 4) is 5.75 Å². The molecular formula is C24H34N4O2S. The minimum atomic E-state index is 0.100. The van der Waals surface area contributed by atoms with Crippen LogP contribution >= 0.6 is 11.3 Å². The summed E-state index contributed by atoms with van der Waals surface area (Å²) in [5.41, 5.74) is 1.89. The number of amides is 1. The van der Waals surface area contributed by atoms with Crippen LogP contribution in [0.25, 0.3) is 0 Å². The number of methoxy groups -OCH3 is 1. The van der Waals surface area contributed by atoms with Gasteiger partial charge in [0.25, 0.3) is 0 Å². The number of carbonyl (C=O) groups is 1. The maximum Gasteiger partial charge on any atom is 0.224 e. The number of anilines is 2. The first-order chi connectivity index (χ1) is 15.1. The first kappa shape index (κ1) is 22.1. The summed E-state index contributed by atoms with van der Waals surface area (Å²) >= 11 is 1.85. The van der Waals surface area contributed by atoms with Gasteiger partial charge in [-0.1, -0.05) is 0 Å². The Labute approximate surface area is 189 Å². The molecule has 0 bridgehead atoms. The number of thiazole rings is 1. The number of nitrogens with one attached hydrogen (secondary N) is 1. The Morgan fingerprint density at radius 3 is 2.87 bits per heavy atom. The Morgan fingerprint density at radius 2 is 2.10 bits per heavy atom. The molecule has 6 nitrogen and oxygen atoms in total. The minimum absolute atomic E-state index is 0.100. The summed E-state index contributed by atoms with van der Waals surface area (Å²) in [6.45, 7) is 7.50. The van der Waals surface area contributed by atoms with Crippen molar-refractivity contribution >= 4 is 28.1 Å². The second-order valence-electron chi connectivity index (χ2n) is 8.81. The summed E-state index contributed by atoms with van der Waals surface area (Å²) in [7, 11) is 1.65. The van der Waals surface area contributed by atoms with Gasteiger partial charge in [0.1, 0.15) is 5.75 Å². The summed E-state index contributed by atoms with van der Waals surface area (Å²) in [4.78, 5) is 23.5. The lowest BCUT2D eigenvalue weighted by atomic mass is 9.93. The standard InChI is InChI=1S/C24H34N4O2S/c1-18-14-20(30-2)8-9-22(18)26-23(29)10-7-19-6-5-11-27(16-19)17-21-15-25-24(31-21)28-12-3-4-13-28/h8-9,14-15,19H,3-7,10-13,16-17H2,1-2H3,(H,26,29)/t19-/m0/s1. The molecule has 31 heavy (non-hydrogen) atoms. The van der Waals surface area contributed by atoms with Gasteiger partial charge >= 0.3 is 0 Å². The zero-order chi connectivity index (χ0) is 21.6. The number of likely N-dealkylation sites (tertiary alicyclic amines) is 1. The van der Waals surface area contributed by atoms with Crippen molar-refractivity contribution in [2.75, 3.05) is 43.5 Å². The second kappa shape index (κ2) is 10.5. The van der Waals surface area contributed by atoms with Crippen molar-refractivity contribution in [3.05, 3.63) is 34.8 Å². The number of aromatic nitrogens is 1. The molecule has 2 saturated heterocycles. The Balaban J connectivity index is 1.23. The summed E-state index contributed by atoms with van der Waals surface area (Å²) in [6.07, 6.45) is 8.58. The van der Waals surface area contributed by atoms with Crippen molar-refractivity contribution in [2.24, 2.45) is 5.92 Å². The third-order valence-electron chi connectivity index (χ3n) is 6.39. The lowest BCUT2D eigenvalue weighted by Crippen LogP contribution is -2.35. The van der Waals surface area contributed by atoms with Crippen LogP contribution in [0.4, 0.5) is 10.8 Å². The van der Waals surface area contributed by atoms with Crippen LogP contribution in [0, 0.1) is 12.8 Å². The SMILES string of the molecule is COc1ccc(NC(=O)CC[C@@H]2CCCN(Cc3cnc(N4CCCC4)s3)C2)c(C)c1. The van der Waals surface area contributed by atoms with Gasteiger partial charge in [-0.15, -0.1) is 11.3 Å². The lowest BCUT2D eigenvalue weighted by molar-refractivity contribution is -0.116. The Bertz CT molecular complexity index is 878. The average molecular weight is 443 g/mol. The van der Waals surface area contributed by atoms with E-state index >= 15 is 0 Å². The molecular weight excluding hydrogens is 408 g/mol. The molecule has 168 valence electrons. The average Bonchev–Trinajstić information content (AvgIpc) is 3.46. The first-order valence-corrected chi connectivity index (χ1v) is 12.3. The van der Waals surface area contributed by atoms with Gasteiger partial charge in [-0.25, -0.2) is 4.98 Å². The number of piperidine rings is 1. The molecule has 1 aromatic carbocycles. The molecule has 4 rings (SSSR count). The van der Waals surface area contributed by atoms with E-state index in [4.69, 9.17) is 4.74 Å². The van der Waals surface area contributed by atoms with E-state index in [0.717, 1.165) is 56.1 Å². The molecule has 0 unspecified atom stereocenters. The van der Waals surface area contributed by atoms with Gasteiger partial charge in [0.05, 0.1) is 7.11 Å². The highest BCUT2D eigenvalue weighted by Crippen LogP contribution is 2.29. The van der Waals surface area contributed by atoms with Gasteiger partial charge in [-0.3, -0.25) is 9.69 Å². The summed E-state index contributed by atoms with van der Waals surface area (Å²) in [5, 5.41) is 4.25. The number of nitrogens with zero attached hydrogens (tertiary/aromatic N) is 3. The highest BCUT2D eigenvalue weighted by atomic mass is 32.1. The second-order valence-corrected chi connectivity index (χ2v) is 9.91. The van der Waals surface area contributed by atoms with Crippen molar-refractivity contribution in [1.82, 2.24) is 9.88 Å². The van der Waals surface area contributed by atoms with Crippen LogP contribution in [0.15, 0.2) is 24.4 Å². The lowest BCUT2D eigenvalue weighted by Gasteiger charge is -2.32.